The third-order valence-electron chi connectivity index (χ3n) is 2.76. The Kier molecular flexibility index (Phi) is 4.82. The highest BCUT2D eigenvalue weighted by Gasteiger charge is 2.13. The molecule has 1 unspecified atom stereocenters. The fraction of sp³-hybridized carbons (Fsp3) is 0.750. The zero-order chi connectivity index (χ0) is 11.9. The molecular weight excluding hydrogens is 220 g/mol. The monoisotopic (exact) mass is 240 g/mol. The molecule has 2 rings (SSSR count). The third kappa shape index (κ3) is 4.02. The molecule has 0 bridgehead atoms. The van der Waals surface area contributed by atoms with Gasteiger partial charge < -0.3 is 14.2 Å². The van der Waals surface area contributed by atoms with Crippen LogP contribution in [0, 0.1) is 0 Å². The predicted octanol–water partition coefficient (Wildman–Crippen LogP) is 1.73. The molecule has 5 heteroatoms. The van der Waals surface area contributed by atoms with Gasteiger partial charge in [-0.2, -0.15) is 5.10 Å². The van der Waals surface area contributed by atoms with Gasteiger partial charge in [-0.05, 0) is 19.3 Å². The van der Waals surface area contributed by atoms with Crippen LogP contribution < -0.4 is 4.74 Å². The normalized spacial score (nSPS) is 20.4. The number of hydrogen-bond donors (Lipinski definition) is 0. The van der Waals surface area contributed by atoms with Gasteiger partial charge in [-0.3, -0.25) is 0 Å². The summed E-state index contributed by atoms with van der Waals surface area (Å²) in [5.41, 5.74) is 0. The highest BCUT2D eigenvalue weighted by molar-refractivity contribution is 5.06. The van der Waals surface area contributed by atoms with Gasteiger partial charge in [0.1, 0.15) is 0 Å². The molecular formula is C12H20N2O3. The molecule has 5 nitrogen and oxygen atoms in total. The van der Waals surface area contributed by atoms with E-state index in [9.17, 15) is 0 Å². The molecule has 96 valence electrons. The quantitative estimate of drug-likeness (QED) is 0.710. The topological polar surface area (TPSA) is 45.5 Å². The molecule has 0 aromatic carbocycles. The summed E-state index contributed by atoms with van der Waals surface area (Å²) in [6, 6.07) is 1.85. The van der Waals surface area contributed by atoms with Crippen molar-refractivity contribution in [2.45, 2.75) is 32.0 Å². The van der Waals surface area contributed by atoms with Crippen LogP contribution in [0.1, 0.15) is 25.7 Å². The van der Waals surface area contributed by atoms with Gasteiger partial charge in [0.25, 0.3) is 0 Å². The van der Waals surface area contributed by atoms with E-state index in [2.05, 4.69) is 5.10 Å². The number of nitrogens with zero attached hydrogens (tertiary/aromatic N) is 2. The number of rotatable bonds is 6. The molecule has 0 spiro atoms. The van der Waals surface area contributed by atoms with Crippen LogP contribution in [0.3, 0.4) is 0 Å². The average molecular weight is 240 g/mol. The van der Waals surface area contributed by atoms with E-state index >= 15 is 0 Å². The van der Waals surface area contributed by atoms with Crippen molar-refractivity contribution >= 4 is 0 Å². The number of aryl methyl sites for hydroxylation is 1. The minimum absolute atomic E-state index is 0.000420. The molecule has 1 saturated heterocycles. The Morgan fingerprint density at radius 1 is 1.47 bits per heavy atom. The maximum Gasteiger partial charge on any atom is 0.211 e. The van der Waals surface area contributed by atoms with Gasteiger partial charge >= 0.3 is 0 Å². The van der Waals surface area contributed by atoms with Crippen LogP contribution in [-0.4, -0.2) is 35.9 Å². The van der Waals surface area contributed by atoms with Crippen molar-refractivity contribution in [2.75, 3.05) is 19.8 Å². The van der Waals surface area contributed by atoms with Gasteiger partial charge in [-0.1, -0.05) is 0 Å². The first kappa shape index (κ1) is 12.4. The maximum atomic E-state index is 5.61. The Bertz CT molecular complexity index is 321. The van der Waals surface area contributed by atoms with Crippen LogP contribution in [0.2, 0.25) is 0 Å². The lowest BCUT2D eigenvalue weighted by Gasteiger charge is -2.22. The molecule has 1 atom stereocenters. The zero-order valence-electron chi connectivity index (χ0n) is 10.3. The van der Waals surface area contributed by atoms with E-state index in [0.29, 0.717) is 13.2 Å². The van der Waals surface area contributed by atoms with E-state index in [4.69, 9.17) is 14.2 Å². The summed E-state index contributed by atoms with van der Waals surface area (Å²) >= 11 is 0. The van der Waals surface area contributed by atoms with Crippen LogP contribution in [0.25, 0.3) is 0 Å². The predicted molar refractivity (Wildman–Crippen MR) is 62.9 cm³/mol. The summed E-state index contributed by atoms with van der Waals surface area (Å²) in [4.78, 5) is 0. The van der Waals surface area contributed by atoms with Crippen molar-refractivity contribution in [1.82, 2.24) is 9.78 Å². The highest BCUT2D eigenvalue weighted by atomic mass is 16.7. The average Bonchev–Trinajstić information content (AvgIpc) is 2.76. The standard InChI is InChI=1S/C12H20N2O3/c1-14-11(6-7-13-14)15-9-4-10-17-12-5-2-3-8-16-12/h6-7,12H,2-5,8-10H2,1H3. The first-order valence-electron chi connectivity index (χ1n) is 6.20. The van der Waals surface area contributed by atoms with Crippen molar-refractivity contribution < 1.29 is 14.2 Å². The van der Waals surface area contributed by atoms with Crippen molar-refractivity contribution in [2.24, 2.45) is 7.05 Å². The second kappa shape index (κ2) is 6.61. The Balaban J connectivity index is 1.53. The molecule has 1 aromatic heterocycles. The summed E-state index contributed by atoms with van der Waals surface area (Å²) < 4.78 is 18.3. The highest BCUT2D eigenvalue weighted by Crippen LogP contribution is 2.14. The molecule has 0 amide bonds. The van der Waals surface area contributed by atoms with Gasteiger partial charge in [0.15, 0.2) is 6.29 Å². The second-order valence-electron chi connectivity index (χ2n) is 4.16. The van der Waals surface area contributed by atoms with Crippen LogP contribution in [-0.2, 0) is 16.5 Å². The largest absolute Gasteiger partial charge is 0.478 e. The van der Waals surface area contributed by atoms with Gasteiger partial charge in [-0.15, -0.1) is 0 Å². The van der Waals surface area contributed by atoms with Gasteiger partial charge in [-0.25, -0.2) is 4.68 Å². The van der Waals surface area contributed by atoms with E-state index in [-0.39, 0.29) is 6.29 Å². The Morgan fingerprint density at radius 3 is 3.12 bits per heavy atom. The third-order valence-corrected chi connectivity index (χ3v) is 2.76. The fourth-order valence-corrected chi connectivity index (χ4v) is 1.80. The van der Waals surface area contributed by atoms with Crippen molar-refractivity contribution in [3.05, 3.63) is 12.3 Å². The van der Waals surface area contributed by atoms with Crippen LogP contribution >= 0.6 is 0 Å². The lowest BCUT2D eigenvalue weighted by Crippen LogP contribution is -2.23. The van der Waals surface area contributed by atoms with E-state index in [0.717, 1.165) is 31.7 Å². The Labute approximate surface area is 102 Å². The van der Waals surface area contributed by atoms with Crippen molar-refractivity contribution in [3.8, 4) is 5.88 Å². The first-order valence-corrected chi connectivity index (χ1v) is 6.20. The lowest BCUT2D eigenvalue weighted by atomic mass is 10.2. The lowest BCUT2D eigenvalue weighted by molar-refractivity contribution is -0.163. The molecule has 0 radical (unpaired) electrons. The van der Waals surface area contributed by atoms with Crippen LogP contribution in [0.15, 0.2) is 12.3 Å². The molecule has 17 heavy (non-hydrogen) atoms. The molecule has 0 aliphatic carbocycles. The van der Waals surface area contributed by atoms with Gasteiger partial charge in [0.2, 0.25) is 5.88 Å². The van der Waals surface area contributed by atoms with E-state index in [1.807, 2.05) is 13.1 Å². The molecule has 1 aliphatic heterocycles. The zero-order valence-corrected chi connectivity index (χ0v) is 10.3. The van der Waals surface area contributed by atoms with Crippen LogP contribution in [0.4, 0.5) is 0 Å². The second-order valence-corrected chi connectivity index (χ2v) is 4.16. The Hall–Kier alpha value is -1.07. The number of aromatic nitrogens is 2. The van der Waals surface area contributed by atoms with Crippen molar-refractivity contribution in [3.63, 3.8) is 0 Å². The summed E-state index contributed by atoms with van der Waals surface area (Å²) in [7, 11) is 1.86. The smallest absolute Gasteiger partial charge is 0.211 e. The number of hydrogen-bond acceptors (Lipinski definition) is 4. The van der Waals surface area contributed by atoms with E-state index in [1.165, 1.54) is 6.42 Å². The van der Waals surface area contributed by atoms with Crippen LogP contribution in [0.5, 0.6) is 5.88 Å². The summed E-state index contributed by atoms with van der Waals surface area (Å²) in [6.45, 7) is 2.16. The number of ether oxygens (including phenoxy) is 3. The minimum Gasteiger partial charge on any atom is -0.478 e. The van der Waals surface area contributed by atoms with Gasteiger partial charge in [0.05, 0.1) is 19.4 Å². The summed E-state index contributed by atoms with van der Waals surface area (Å²) in [5.74, 6) is 0.791. The fourth-order valence-electron chi connectivity index (χ4n) is 1.80. The molecule has 1 aromatic rings. The van der Waals surface area contributed by atoms with E-state index < -0.39 is 0 Å². The van der Waals surface area contributed by atoms with E-state index in [1.54, 1.807) is 10.9 Å². The SMILES string of the molecule is Cn1nccc1OCCCOC1CCCCO1. The van der Waals surface area contributed by atoms with Gasteiger partial charge in [0, 0.05) is 26.1 Å². The first-order chi connectivity index (χ1) is 8.36. The minimum atomic E-state index is 0.000420. The molecule has 2 heterocycles. The molecule has 1 aliphatic rings. The summed E-state index contributed by atoms with van der Waals surface area (Å²) in [5, 5.41) is 4.03. The molecule has 0 N–H and O–H groups in total. The Morgan fingerprint density at radius 2 is 2.41 bits per heavy atom. The summed E-state index contributed by atoms with van der Waals surface area (Å²) in [6.07, 6.45) is 5.97. The maximum absolute atomic E-state index is 5.61. The van der Waals surface area contributed by atoms with Crippen molar-refractivity contribution in [1.29, 1.82) is 0 Å². The molecule has 0 saturated carbocycles. The molecule has 1 fully saturated rings.